The van der Waals surface area contributed by atoms with Gasteiger partial charge in [0.2, 0.25) is 0 Å². The number of alkyl halides is 2. The number of benzene rings is 1. The Morgan fingerprint density at radius 3 is 2.29 bits per heavy atom. The van der Waals surface area contributed by atoms with E-state index in [2.05, 4.69) is 0 Å². The van der Waals surface area contributed by atoms with E-state index in [9.17, 15) is 4.39 Å². The molecule has 78 valence electrons. The lowest BCUT2D eigenvalue weighted by atomic mass is 9.87. The fraction of sp³-hybridized carbons (Fsp3) is 0.455. The zero-order valence-electron chi connectivity index (χ0n) is 8.06. The minimum atomic E-state index is -0.231. The van der Waals surface area contributed by atoms with Gasteiger partial charge in [0.25, 0.3) is 0 Å². The van der Waals surface area contributed by atoms with Gasteiger partial charge in [-0.25, -0.2) is 4.39 Å². The van der Waals surface area contributed by atoms with E-state index in [0.29, 0.717) is 23.7 Å². The Labute approximate surface area is 94.0 Å². The quantitative estimate of drug-likeness (QED) is 0.695. The maximum atomic E-state index is 13.3. The predicted octanol–water partition coefficient (Wildman–Crippen LogP) is 3.85. The molecule has 0 aliphatic heterocycles. The summed E-state index contributed by atoms with van der Waals surface area (Å²) in [6, 6.07) is 6.73. The maximum Gasteiger partial charge on any atom is 0.126 e. The van der Waals surface area contributed by atoms with Gasteiger partial charge in [-0.1, -0.05) is 25.1 Å². The van der Waals surface area contributed by atoms with Crippen LogP contribution in [0, 0.1) is 11.2 Å². The molecule has 0 amide bonds. The normalized spacial score (nSPS) is 11.7. The van der Waals surface area contributed by atoms with Crippen LogP contribution >= 0.6 is 23.2 Å². The highest BCUT2D eigenvalue weighted by atomic mass is 35.5. The van der Waals surface area contributed by atoms with Crippen molar-refractivity contribution < 1.29 is 4.39 Å². The van der Waals surface area contributed by atoms with Gasteiger partial charge in [-0.2, -0.15) is 0 Å². The van der Waals surface area contributed by atoms with Gasteiger partial charge in [-0.15, -0.1) is 23.2 Å². The lowest BCUT2D eigenvalue weighted by Crippen LogP contribution is -2.24. The summed E-state index contributed by atoms with van der Waals surface area (Å²) < 4.78 is 13.3. The molecule has 1 aromatic carbocycles. The summed E-state index contributed by atoms with van der Waals surface area (Å²) >= 11 is 11.6. The maximum absolute atomic E-state index is 13.3. The first-order valence-corrected chi connectivity index (χ1v) is 5.53. The molecule has 0 heterocycles. The van der Waals surface area contributed by atoms with Crippen LogP contribution in [0.2, 0.25) is 0 Å². The Morgan fingerprint density at radius 2 is 1.79 bits per heavy atom. The lowest BCUT2D eigenvalue weighted by Gasteiger charge is -2.24. The van der Waals surface area contributed by atoms with E-state index in [0.717, 1.165) is 0 Å². The average Bonchev–Trinajstić information content (AvgIpc) is 2.21. The Kier molecular flexibility index (Phi) is 4.21. The second kappa shape index (κ2) is 4.99. The van der Waals surface area contributed by atoms with E-state index in [4.69, 9.17) is 23.2 Å². The van der Waals surface area contributed by atoms with Gasteiger partial charge in [0.15, 0.2) is 0 Å². The number of hydrogen-bond acceptors (Lipinski definition) is 0. The molecule has 1 aromatic rings. The van der Waals surface area contributed by atoms with Gasteiger partial charge in [-0.05, 0) is 23.5 Å². The summed E-state index contributed by atoms with van der Waals surface area (Å²) in [5, 5.41) is 0. The van der Waals surface area contributed by atoms with E-state index >= 15 is 0 Å². The van der Waals surface area contributed by atoms with Crippen molar-refractivity contribution in [3.05, 3.63) is 35.6 Å². The molecule has 0 fully saturated rings. The van der Waals surface area contributed by atoms with Gasteiger partial charge in [0, 0.05) is 11.8 Å². The zero-order chi connectivity index (χ0) is 10.6. The molecule has 0 N–H and O–H groups in total. The Morgan fingerprint density at radius 1 is 1.21 bits per heavy atom. The molecular weight excluding hydrogens is 222 g/mol. The molecule has 0 aromatic heterocycles. The fourth-order valence-corrected chi connectivity index (χ4v) is 1.71. The highest BCUT2D eigenvalue weighted by molar-refractivity contribution is 6.21. The van der Waals surface area contributed by atoms with Gasteiger partial charge in [0.1, 0.15) is 5.82 Å². The van der Waals surface area contributed by atoms with Crippen LogP contribution in [-0.2, 0) is 6.42 Å². The first kappa shape index (κ1) is 11.8. The molecule has 0 aliphatic rings. The van der Waals surface area contributed by atoms with Crippen molar-refractivity contribution in [3.63, 3.8) is 0 Å². The van der Waals surface area contributed by atoms with Crippen LogP contribution in [0.15, 0.2) is 24.3 Å². The Balaban J connectivity index is 2.82. The highest BCUT2D eigenvalue weighted by Crippen LogP contribution is 2.26. The average molecular weight is 235 g/mol. The van der Waals surface area contributed by atoms with Crippen LogP contribution < -0.4 is 0 Å². The van der Waals surface area contributed by atoms with Crippen LogP contribution in [0.3, 0.4) is 0 Å². The van der Waals surface area contributed by atoms with E-state index < -0.39 is 0 Å². The minimum absolute atomic E-state index is 0.186. The van der Waals surface area contributed by atoms with Crippen molar-refractivity contribution in [3.8, 4) is 0 Å². The summed E-state index contributed by atoms with van der Waals surface area (Å²) in [6.45, 7) is 1.96. The zero-order valence-corrected chi connectivity index (χ0v) is 9.58. The van der Waals surface area contributed by atoms with Crippen molar-refractivity contribution in [1.29, 1.82) is 0 Å². The summed E-state index contributed by atoms with van der Waals surface area (Å²) in [4.78, 5) is 0. The second-order valence-corrected chi connectivity index (χ2v) is 4.38. The van der Waals surface area contributed by atoms with Gasteiger partial charge >= 0.3 is 0 Å². The van der Waals surface area contributed by atoms with Crippen molar-refractivity contribution >= 4 is 23.2 Å². The molecule has 0 saturated carbocycles. The lowest BCUT2D eigenvalue weighted by molar-refractivity contribution is 0.415. The third-order valence-electron chi connectivity index (χ3n) is 2.22. The van der Waals surface area contributed by atoms with E-state index in [-0.39, 0.29) is 11.2 Å². The Bertz CT molecular complexity index is 295. The first-order chi connectivity index (χ1) is 6.61. The van der Waals surface area contributed by atoms with Crippen molar-refractivity contribution in [1.82, 2.24) is 0 Å². The molecule has 0 nitrogen and oxygen atoms in total. The van der Waals surface area contributed by atoms with Crippen molar-refractivity contribution in [2.24, 2.45) is 5.41 Å². The number of hydrogen-bond donors (Lipinski definition) is 0. The summed E-state index contributed by atoms with van der Waals surface area (Å²) in [7, 11) is 0. The third kappa shape index (κ3) is 2.86. The largest absolute Gasteiger partial charge is 0.207 e. The molecule has 1 rings (SSSR count). The Hall–Kier alpha value is -0.270. The summed E-state index contributed by atoms with van der Waals surface area (Å²) in [5.74, 6) is 0.685. The molecule has 0 unspecified atom stereocenters. The van der Waals surface area contributed by atoms with Crippen molar-refractivity contribution in [2.45, 2.75) is 13.3 Å². The standard InChI is InChI=1S/C11H13Cl2F/c1-11(7-12,8-13)6-9-4-2-3-5-10(9)14/h2-5H,6-8H2,1H3. The minimum Gasteiger partial charge on any atom is -0.207 e. The fourth-order valence-electron chi connectivity index (χ4n) is 1.23. The second-order valence-electron chi connectivity index (χ2n) is 3.85. The van der Waals surface area contributed by atoms with Gasteiger partial charge < -0.3 is 0 Å². The third-order valence-corrected chi connectivity index (χ3v) is 3.51. The molecule has 0 spiro atoms. The van der Waals surface area contributed by atoms with Crippen molar-refractivity contribution in [2.75, 3.05) is 11.8 Å². The highest BCUT2D eigenvalue weighted by Gasteiger charge is 2.23. The monoisotopic (exact) mass is 234 g/mol. The number of rotatable bonds is 4. The molecule has 0 atom stereocenters. The summed E-state index contributed by atoms with van der Waals surface area (Å²) in [5.41, 5.74) is 0.446. The van der Waals surface area contributed by atoms with Crippen LogP contribution in [0.4, 0.5) is 4.39 Å². The molecule has 0 aliphatic carbocycles. The van der Waals surface area contributed by atoms with E-state index in [1.54, 1.807) is 12.1 Å². The van der Waals surface area contributed by atoms with Gasteiger partial charge in [0.05, 0.1) is 0 Å². The first-order valence-electron chi connectivity index (χ1n) is 4.47. The van der Waals surface area contributed by atoms with Crippen LogP contribution in [0.1, 0.15) is 12.5 Å². The van der Waals surface area contributed by atoms with Gasteiger partial charge in [-0.3, -0.25) is 0 Å². The summed E-state index contributed by atoms with van der Waals surface area (Å²) in [6.07, 6.45) is 0.576. The van der Waals surface area contributed by atoms with E-state index in [1.807, 2.05) is 13.0 Å². The molecule has 3 heteroatoms. The van der Waals surface area contributed by atoms with Crippen LogP contribution in [0.5, 0.6) is 0 Å². The van der Waals surface area contributed by atoms with E-state index in [1.165, 1.54) is 6.07 Å². The van der Waals surface area contributed by atoms with Crippen LogP contribution in [-0.4, -0.2) is 11.8 Å². The molecule has 0 radical (unpaired) electrons. The number of halogens is 3. The molecule has 14 heavy (non-hydrogen) atoms. The smallest absolute Gasteiger partial charge is 0.126 e. The molecule has 0 saturated heterocycles. The molecular formula is C11H13Cl2F. The predicted molar refractivity (Wildman–Crippen MR) is 59.7 cm³/mol. The molecule has 0 bridgehead atoms. The SMILES string of the molecule is CC(CCl)(CCl)Cc1ccccc1F. The van der Waals surface area contributed by atoms with Crippen LogP contribution in [0.25, 0.3) is 0 Å². The topological polar surface area (TPSA) is 0 Å².